The molecule has 0 saturated heterocycles. The van der Waals surface area contributed by atoms with Crippen molar-refractivity contribution < 1.29 is 0 Å². The standard InChI is InChI=1S/C15H20BrCl/c1-10-9-13(16)11(2)8-12(10)14(17)15(3)6-4-5-7-15/h8-9,14H,4-7H2,1-3H3. The lowest BCUT2D eigenvalue weighted by molar-refractivity contribution is 0.321. The van der Waals surface area contributed by atoms with Gasteiger partial charge < -0.3 is 0 Å². The summed E-state index contributed by atoms with van der Waals surface area (Å²) in [7, 11) is 0. The monoisotopic (exact) mass is 314 g/mol. The summed E-state index contributed by atoms with van der Waals surface area (Å²) in [6.07, 6.45) is 5.17. The molecule has 0 spiro atoms. The number of hydrogen-bond donors (Lipinski definition) is 0. The minimum Gasteiger partial charge on any atom is -0.117 e. The van der Waals surface area contributed by atoms with E-state index in [4.69, 9.17) is 11.6 Å². The number of aryl methyl sites for hydroxylation is 2. The van der Waals surface area contributed by atoms with Crippen LogP contribution >= 0.6 is 27.5 Å². The molecule has 1 atom stereocenters. The van der Waals surface area contributed by atoms with E-state index in [1.807, 2.05) is 0 Å². The molecule has 1 aromatic rings. The minimum absolute atomic E-state index is 0.150. The fourth-order valence-electron chi connectivity index (χ4n) is 2.89. The van der Waals surface area contributed by atoms with Crippen molar-refractivity contribution in [2.75, 3.05) is 0 Å². The summed E-state index contributed by atoms with van der Waals surface area (Å²) in [4.78, 5) is 0. The van der Waals surface area contributed by atoms with E-state index in [0.29, 0.717) is 0 Å². The molecular weight excluding hydrogens is 296 g/mol. The van der Waals surface area contributed by atoms with E-state index in [9.17, 15) is 0 Å². The third kappa shape index (κ3) is 2.56. The Balaban J connectivity index is 2.36. The highest BCUT2D eigenvalue weighted by Gasteiger charge is 2.37. The van der Waals surface area contributed by atoms with E-state index in [-0.39, 0.29) is 10.8 Å². The maximum Gasteiger partial charge on any atom is 0.0641 e. The lowest BCUT2D eigenvalue weighted by Gasteiger charge is -2.31. The van der Waals surface area contributed by atoms with Crippen molar-refractivity contribution in [1.29, 1.82) is 0 Å². The molecule has 0 amide bonds. The molecule has 1 unspecified atom stereocenters. The second-order valence-corrected chi connectivity index (χ2v) is 6.97. The molecule has 0 bridgehead atoms. The lowest BCUT2D eigenvalue weighted by atomic mass is 9.80. The van der Waals surface area contributed by atoms with Gasteiger partial charge in [0.2, 0.25) is 0 Å². The Morgan fingerprint density at radius 1 is 1.18 bits per heavy atom. The summed E-state index contributed by atoms with van der Waals surface area (Å²) in [5, 5.41) is 0.150. The Kier molecular flexibility index (Phi) is 3.89. The summed E-state index contributed by atoms with van der Waals surface area (Å²) >= 11 is 10.4. The third-order valence-electron chi connectivity index (χ3n) is 4.18. The largest absolute Gasteiger partial charge is 0.117 e. The molecule has 0 aromatic heterocycles. The average molecular weight is 316 g/mol. The second-order valence-electron chi connectivity index (χ2n) is 5.68. The lowest BCUT2D eigenvalue weighted by Crippen LogP contribution is -2.19. The predicted octanol–water partition coefficient (Wildman–Crippen LogP) is 5.93. The molecular formula is C15H20BrCl. The Bertz CT molecular complexity index is 419. The van der Waals surface area contributed by atoms with Crippen LogP contribution in [0.15, 0.2) is 16.6 Å². The van der Waals surface area contributed by atoms with Gasteiger partial charge in [0.1, 0.15) is 0 Å². The van der Waals surface area contributed by atoms with Gasteiger partial charge in [0.15, 0.2) is 0 Å². The number of alkyl halides is 1. The zero-order valence-corrected chi connectivity index (χ0v) is 13.2. The molecule has 1 fully saturated rings. The van der Waals surface area contributed by atoms with Gasteiger partial charge in [0.25, 0.3) is 0 Å². The third-order valence-corrected chi connectivity index (χ3v) is 5.79. The Morgan fingerprint density at radius 2 is 1.76 bits per heavy atom. The average Bonchev–Trinajstić information content (AvgIpc) is 2.71. The number of halogens is 2. The summed E-state index contributed by atoms with van der Waals surface area (Å²) in [6, 6.07) is 4.44. The molecule has 1 saturated carbocycles. The molecule has 0 N–H and O–H groups in total. The fraction of sp³-hybridized carbons (Fsp3) is 0.600. The van der Waals surface area contributed by atoms with Crippen LogP contribution in [0.3, 0.4) is 0 Å². The Morgan fingerprint density at radius 3 is 2.35 bits per heavy atom. The molecule has 0 nitrogen and oxygen atoms in total. The van der Waals surface area contributed by atoms with Crippen LogP contribution in [0.5, 0.6) is 0 Å². The van der Waals surface area contributed by atoms with Gasteiger partial charge in [-0.15, -0.1) is 11.6 Å². The molecule has 1 aromatic carbocycles. The molecule has 2 rings (SSSR count). The second kappa shape index (κ2) is 4.93. The van der Waals surface area contributed by atoms with E-state index in [1.54, 1.807) is 0 Å². The van der Waals surface area contributed by atoms with Crippen LogP contribution in [-0.4, -0.2) is 0 Å². The van der Waals surface area contributed by atoms with Crippen LogP contribution in [0.4, 0.5) is 0 Å². The molecule has 94 valence electrons. The van der Waals surface area contributed by atoms with E-state index in [0.717, 1.165) is 0 Å². The molecule has 1 aliphatic carbocycles. The van der Waals surface area contributed by atoms with Gasteiger partial charge in [0.05, 0.1) is 5.38 Å². The van der Waals surface area contributed by atoms with Gasteiger partial charge in [0, 0.05) is 4.47 Å². The highest BCUT2D eigenvalue weighted by molar-refractivity contribution is 9.10. The van der Waals surface area contributed by atoms with Gasteiger partial charge in [-0.3, -0.25) is 0 Å². The fourth-order valence-corrected chi connectivity index (χ4v) is 3.80. The van der Waals surface area contributed by atoms with Crippen LogP contribution in [0, 0.1) is 19.3 Å². The zero-order chi connectivity index (χ0) is 12.6. The van der Waals surface area contributed by atoms with Gasteiger partial charge in [-0.2, -0.15) is 0 Å². The van der Waals surface area contributed by atoms with Gasteiger partial charge in [-0.25, -0.2) is 0 Å². The van der Waals surface area contributed by atoms with Crippen molar-refractivity contribution in [3.63, 3.8) is 0 Å². The van der Waals surface area contributed by atoms with E-state index >= 15 is 0 Å². The van der Waals surface area contributed by atoms with Crippen LogP contribution in [0.2, 0.25) is 0 Å². The van der Waals surface area contributed by atoms with Crippen molar-refractivity contribution in [1.82, 2.24) is 0 Å². The van der Waals surface area contributed by atoms with Gasteiger partial charge in [-0.1, -0.05) is 41.8 Å². The van der Waals surface area contributed by atoms with Crippen molar-refractivity contribution in [3.8, 4) is 0 Å². The molecule has 2 heteroatoms. The minimum atomic E-state index is 0.150. The highest BCUT2D eigenvalue weighted by Crippen LogP contribution is 2.51. The van der Waals surface area contributed by atoms with Gasteiger partial charge >= 0.3 is 0 Å². The normalized spacial score (nSPS) is 20.5. The van der Waals surface area contributed by atoms with Crippen molar-refractivity contribution in [3.05, 3.63) is 33.3 Å². The molecule has 17 heavy (non-hydrogen) atoms. The maximum absolute atomic E-state index is 6.77. The first-order valence-corrected chi connectivity index (χ1v) is 7.58. The van der Waals surface area contributed by atoms with Crippen LogP contribution in [0.25, 0.3) is 0 Å². The number of benzene rings is 1. The number of rotatable bonds is 2. The Labute approximate surface area is 118 Å². The first-order valence-electron chi connectivity index (χ1n) is 6.35. The summed E-state index contributed by atoms with van der Waals surface area (Å²) in [5.41, 5.74) is 4.18. The van der Waals surface area contributed by atoms with E-state index in [2.05, 4.69) is 48.8 Å². The Hall–Kier alpha value is -0.0100. The van der Waals surface area contributed by atoms with Crippen molar-refractivity contribution in [2.45, 2.75) is 51.8 Å². The van der Waals surface area contributed by atoms with E-state index < -0.39 is 0 Å². The molecule has 1 aliphatic rings. The van der Waals surface area contributed by atoms with Crippen molar-refractivity contribution in [2.24, 2.45) is 5.41 Å². The molecule has 0 aliphatic heterocycles. The van der Waals surface area contributed by atoms with Crippen LogP contribution in [0.1, 0.15) is 54.7 Å². The smallest absolute Gasteiger partial charge is 0.0641 e. The summed E-state index contributed by atoms with van der Waals surface area (Å²) < 4.78 is 1.18. The molecule has 0 radical (unpaired) electrons. The van der Waals surface area contributed by atoms with E-state index in [1.165, 1.54) is 46.8 Å². The quantitative estimate of drug-likeness (QED) is 0.594. The highest BCUT2D eigenvalue weighted by atomic mass is 79.9. The van der Waals surface area contributed by atoms with Crippen LogP contribution < -0.4 is 0 Å². The first-order chi connectivity index (χ1) is 7.94. The zero-order valence-electron chi connectivity index (χ0n) is 10.8. The van der Waals surface area contributed by atoms with Crippen molar-refractivity contribution >= 4 is 27.5 Å². The first kappa shape index (κ1) is 13.4. The number of hydrogen-bond acceptors (Lipinski definition) is 0. The van der Waals surface area contributed by atoms with Gasteiger partial charge in [-0.05, 0) is 54.9 Å². The predicted molar refractivity (Wildman–Crippen MR) is 78.8 cm³/mol. The topological polar surface area (TPSA) is 0 Å². The summed E-state index contributed by atoms with van der Waals surface area (Å²) in [6.45, 7) is 6.63. The van der Waals surface area contributed by atoms with Crippen LogP contribution in [-0.2, 0) is 0 Å². The maximum atomic E-state index is 6.77. The summed E-state index contributed by atoms with van der Waals surface area (Å²) in [5.74, 6) is 0. The SMILES string of the molecule is Cc1cc(C(Cl)C2(C)CCCC2)c(C)cc1Br. The molecule has 0 heterocycles.